The first-order valence-corrected chi connectivity index (χ1v) is 6.07. The fraction of sp³-hybridized carbons (Fsp3) is 0.133. The van der Waals surface area contributed by atoms with Crippen molar-refractivity contribution in [2.45, 2.75) is 0 Å². The Labute approximate surface area is 113 Å². The van der Waals surface area contributed by atoms with Crippen molar-refractivity contribution < 1.29 is 0 Å². The zero-order valence-electron chi connectivity index (χ0n) is 11.2. The minimum absolute atomic E-state index is 0.660. The van der Waals surface area contributed by atoms with Gasteiger partial charge >= 0.3 is 0 Å². The summed E-state index contributed by atoms with van der Waals surface area (Å²) in [6.45, 7) is 0. The Kier molecular flexibility index (Phi) is 4.15. The largest absolute Gasteiger partial charge is 0.378 e. The fourth-order valence-corrected chi connectivity index (χ4v) is 1.67. The Balaban J connectivity index is 2.08. The van der Waals surface area contributed by atoms with E-state index in [0.29, 0.717) is 5.82 Å². The third-order valence-corrected chi connectivity index (χ3v) is 2.81. The average Bonchev–Trinajstić information content (AvgIpc) is 2.46. The third kappa shape index (κ3) is 3.56. The number of pyridine rings is 1. The van der Waals surface area contributed by atoms with Crippen LogP contribution in [0.5, 0.6) is 0 Å². The molecule has 0 aliphatic carbocycles. The van der Waals surface area contributed by atoms with Crippen molar-refractivity contribution in [1.82, 2.24) is 4.98 Å². The highest BCUT2D eigenvalue weighted by atomic mass is 15.2. The van der Waals surface area contributed by atoms with Crippen LogP contribution in [0.3, 0.4) is 0 Å². The minimum Gasteiger partial charge on any atom is -0.378 e. The molecule has 0 fully saturated rings. The molecule has 1 heterocycles. The summed E-state index contributed by atoms with van der Waals surface area (Å²) in [5.74, 6) is 5.93. The van der Waals surface area contributed by atoms with Crippen LogP contribution in [0, 0.1) is 0 Å². The van der Waals surface area contributed by atoms with Gasteiger partial charge in [0.05, 0.1) is 0 Å². The van der Waals surface area contributed by atoms with Gasteiger partial charge in [0.1, 0.15) is 5.82 Å². The smallest absolute Gasteiger partial charge is 0.139 e. The van der Waals surface area contributed by atoms with E-state index in [1.54, 1.807) is 6.20 Å². The van der Waals surface area contributed by atoms with Crippen molar-refractivity contribution in [2.24, 2.45) is 5.84 Å². The van der Waals surface area contributed by atoms with Crippen molar-refractivity contribution in [3.63, 3.8) is 0 Å². The topological polar surface area (TPSA) is 54.2 Å². The molecule has 3 N–H and O–H groups in total. The monoisotopic (exact) mass is 254 g/mol. The first kappa shape index (κ1) is 13.1. The second-order valence-corrected chi connectivity index (χ2v) is 4.44. The van der Waals surface area contributed by atoms with Crippen molar-refractivity contribution in [3.8, 4) is 0 Å². The van der Waals surface area contributed by atoms with E-state index in [2.05, 4.69) is 45.7 Å². The third-order valence-electron chi connectivity index (χ3n) is 2.81. The highest BCUT2D eigenvalue weighted by Crippen LogP contribution is 2.14. The van der Waals surface area contributed by atoms with Gasteiger partial charge in [-0.2, -0.15) is 0 Å². The average molecular weight is 254 g/mol. The summed E-state index contributed by atoms with van der Waals surface area (Å²) in [6, 6.07) is 12.2. The molecule has 19 heavy (non-hydrogen) atoms. The number of hydrazine groups is 1. The maximum absolute atomic E-state index is 5.27. The molecule has 1 aromatic carbocycles. The van der Waals surface area contributed by atoms with E-state index in [0.717, 1.165) is 11.1 Å². The maximum atomic E-state index is 5.27. The minimum atomic E-state index is 0.660. The molecule has 98 valence electrons. The number of nitrogen functional groups attached to an aromatic ring is 1. The molecule has 0 unspecified atom stereocenters. The molecule has 0 spiro atoms. The quantitative estimate of drug-likeness (QED) is 0.650. The number of nitrogens with one attached hydrogen (secondary N) is 1. The Bertz CT molecular complexity index is 541. The van der Waals surface area contributed by atoms with Crippen molar-refractivity contribution >= 4 is 23.7 Å². The molecule has 0 amide bonds. The number of aromatic nitrogens is 1. The zero-order chi connectivity index (χ0) is 13.7. The molecule has 0 saturated carbocycles. The summed E-state index contributed by atoms with van der Waals surface area (Å²) in [7, 11) is 4.06. The van der Waals surface area contributed by atoms with E-state index >= 15 is 0 Å². The second-order valence-electron chi connectivity index (χ2n) is 4.44. The van der Waals surface area contributed by atoms with Gasteiger partial charge in [0.25, 0.3) is 0 Å². The lowest BCUT2D eigenvalue weighted by atomic mass is 10.1. The van der Waals surface area contributed by atoms with E-state index < -0.39 is 0 Å². The second kappa shape index (κ2) is 6.02. The lowest BCUT2D eigenvalue weighted by molar-refractivity contribution is 1.13. The van der Waals surface area contributed by atoms with Gasteiger partial charge in [-0.25, -0.2) is 10.8 Å². The van der Waals surface area contributed by atoms with Crippen LogP contribution in [0.25, 0.3) is 12.2 Å². The molecule has 0 atom stereocenters. The van der Waals surface area contributed by atoms with Gasteiger partial charge in [0.2, 0.25) is 0 Å². The number of nitrogens with two attached hydrogens (primary N) is 1. The maximum Gasteiger partial charge on any atom is 0.139 e. The van der Waals surface area contributed by atoms with E-state index in [9.17, 15) is 0 Å². The molecule has 2 aromatic rings. The Morgan fingerprint density at radius 2 is 1.63 bits per heavy atom. The van der Waals surface area contributed by atoms with Gasteiger partial charge in [-0.05, 0) is 35.4 Å². The van der Waals surface area contributed by atoms with Crippen LogP contribution in [0.2, 0.25) is 0 Å². The molecule has 0 bridgehead atoms. The number of nitrogens with zero attached hydrogens (tertiary/aromatic N) is 2. The van der Waals surface area contributed by atoms with E-state index in [1.165, 1.54) is 5.69 Å². The number of anilines is 2. The van der Waals surface area contributed by atoms with Crippen molar-refractivity contribution in [3.05, 3.63) is 53.7 Å². The van der Waals surface area contributed by atoms with Gasteiger partial charge in [-0.1, -0.05) is 24.3 Å². The lowest BCUT2D eigenvalue weighted by Gasteiger charge is -2.11. The summed E-state index contributed by atoms with van der Waals surface area (Å²) >= 11 is 0. The first-order chi connectivity index (χ1) is 9.19. The Hall–Kier alpha value is -2.33. The molecular weight excluding hydrogens is 236 g/mol. The van der Waals surface area contributed by atoms with E-state index in [4.69, 9.17) is 5.84 Å². The summed E-state index contributed by atoms with van der Waals surface area (Å²) < 4.78 is 0. The lowest BCUT2D eigenvalue weighted by Crippen LogP contribution is -2.07. The molecule has 0 radical (unpaired) electrons. The van der Waals surface area contributed by atoms with Gasteiger partial charge < -0.3 is 10.3 Å². The molecule has 1 aromatic heterocycles. The molecule has 0 aliphatic rings. The van der Waals surface area contributed by atoms with Crippen LogP contribution < -0.4 is 16.2 Å². The van der Waals surface area contributed by atoms with Crippen LogP contribution >= 0.6 is 0 Å². The van der Waals surface area contributed by atoms with Crippen molar-refractivity contribution in [2.75, 3.05) is 24.4 Å². The van der Waals surface area contributed by atoms with Crippen LogP contribution in [0.1, 0.15) is 11.1 Å². The predicted molar refractivity (Wildman–Crippen MR) is 81.7 cm³/mol. The molecule has 0 aliphatic heterocycles. The van der Waals surface area contributed by atoms with Crippen LogP contribution in [-0.2, 0) is 0 Å². The highest BCUT2D eigenvalue weighted by molar-refractivity contribution is 5.70. The van der Waals surface area contributed by atoms with E-state index in [1.807, 2.05) is 32.3 Å². The standard InChI is InChI=1S/C15H18N4/c1-19(2)14-8-5-12(6-9-14)3-4-13-7-10-15(18-16)17-11-13/h3-11H,16H2,1-2H3,(H,17,18)/b4-3+. The molecule has 2 rings (SSSR count). The summed E-state index contributed by atoms with van der Waals surface area (Å²) in [5.41, 5.74) is 5.89. The zero-order valence-corrected chi connectivity index (χ0v) is 11.2. The van der Waals surface area contributed by atoms with Crippen LogP contribution in [-0.4, -0.2) is 19.1 Å². The summed E-state index contributed by atoms with van der Waals surface area (Å²) in [6.07, 6.45) is 5.86. The van der Waals surface area contributed by atoms with Crippen LogP contribution in [0.15, 0.2) is 42.6 Å². The summed E-state index contributed by atoms with van der Waals surface area (Å²) in [5, 5.41) is 0. The fourth-order valence-electron chi connectivity index (χ4n) is 1.67. The number of rotatable bonds is 4. The molecule has 4 heteroatoms. The van der Waals surface area contributed by atoms with Crippen molar-refractivity contribution in [1.29, 1.82) is 0 Å². The number of hydrogen-bond acceptors (Lipinski definition) is 4. The number of benzene rings is 1. The van der Waals surface area contributed by atoms with Gasteiger partial charge in [-0.3, -0.25) is 0 Å². The SMILES string of the molecule is CN(C)c1ccc(/C=C/c2ccc(NN)nc2)cc1. The van der Waals surface area contributed by atoms with Gasteiger partial charge in [0.15, 0.2) is 0 Å². The Morgan fingerprint density at radius 1 is 1.00 bits per heavy atom. The first-order valence-electron chi connectivity index (χ1n) is 6.07. The van der Waals surface area contributed by atoms with Gasteiger partial charge in [-0.15, -0.1) is 0 Å². The van der Waals surface area contributed by atoms with E-state index in [-0.39, 0.29) is 0 Å². The van der Waals surface area contributed by atoms with Gasteiger partial charge in [0, 0.05) is 26.0 Å². The molecule has 0 saturated heterocycles. The normalized spacial score (nSPS) is 10.7. The molecule has 4 nitrogen and oxygen atoms in total. The number of hydrogen-bond donors (Lipinski definition) is 2. The Morgan fingerprint density at radius 3 is 2.16 bits per heavy atom. The molecular formula is C15H18N4. The van der Waals surface area contributed by atoms with Crippen LogP contribution in [0.4, 0.5) is 11.5 Å². The highest BCUT2D eigenvalue weighted by Gasteiger charge is 1.94. The summed E-state index contributed by atoms with van der Waals surface area (Å²) in [4.78, 5) is 6.23. The predicted octanol–water partition coefficient (Wildman–Crippen LogP) is 2.60.